The minimum Gasteiger partial charge on any atom is -0.500 e. The van der Waals surface area contributed by atoms with Crippen LogP contribution in [0.1, 0.15) is 15.9 Å². The van der Waals surface area contributed by atoms with Crippen LogP contribution >= 0.6 is 0 Å². The monoisotopic (exact) mass is 472 g/mol. The van der Waals surface area contributed by atoms with Gasteiger partial charge in [0.05, 0.1) is 28.4 Å². The molecule has 2 aromatic carbocycles. The number of carbonyl (C=O) groups is 3. The molecule has 0 heterocycles. The van der Waals surface area contributed by atoms with Gasteiger partial charge in [-0.2, -0.15) is 0 Å². The third-order valence-electron chi connectivity index (χ3n) is 4.07. The smallest absolute Gasteiger partial charge is 0.377 e. The maximum Gasteiger partial charge on any atom is 0.377 e. The van der Waals surface area contributed by atoms with Crippen LogP contribution in [0, 0.1) is 0 Å². The molecule has 0 saturated heterocycles. The van der Waals surface area contributed by atoms with E-state index in [2.05, 4.69) is 9.47 Å². The summed E-state index contributed by atoms with van der Waals surface area (Å²) >= 11 is 0. The van der Waals surface area contributed by atoms with Gasteiger partial charge in [0.1, 0.15) is 36.2 Å². The highest BCUT2D eigenvalue weighted by Crippen LogP contribution is 2.32. The number of benzene rings is 2. The molecule has 0 fully saturated rings. The van der Waals surface area contributed by atoms with Gasteiger partial charge in [-0.1, -0.05) is 36.4 Å². The molecule has 0 N–H and O–H groups in total. The lowest BCUT2D eigenvalue weighted by Crippen LogP contribution is -2.16. The summed E-state index contributed by atoms with van der Waals surface area (Å²) in [5.74, 6) is -3.49. The van der Waals surface area contributed by atoms with Crippen molar-refractivity contribution >= 4 is 17.9 Å². The lowest BCUT2D eigenvalue weighted by Gasteiger charge is -2.16. The molecule has 180 valence electrons. The van der Waals surface area contributed by atoms with Gasteiger partial charge in [0.15, 0.2) is 0 Å². The molecular weight excluding hydrogens is 448 g/mol. The van der Waals surface area contributed by atoms with Crippen LogP contribution in [0.5, 0.6) is 11.5 Å². The van der Waals surface area contributed by atoms with Crippen molar-refractivity contribution in [3.8, 4) is 11.5 Å². The zero-order valence-electron chi connectivity index (χ0n) is 19.1. The van der Waals surface area contributed by atoms with E-state index in [1.807, 2.05) is 6.07 Å². The van der Waals surface area contributed by atoms with E-state index < -0.39 is 17.9 Å². The van der Waals surface area contributed by atoms with Crippen molar-refractivity contribution < 1.29 is 47.5 Å². The van der Waals surface area contributed by atoms with E-state index in [9.17, 15) is 14.4 Å². The van der Waals surface area contributed by atoms with Gasteiger partial charge in [-0.25, -0.2) is 14.4 Å². The van der Waals surface area contributed by atoms with E-state index in [1.165, 1.54) is 32.4 Å². The summed E-state index contributed by atoms with van der Waals surface area (Å²) in [5, 5.41) is 0. The molecule has 10 heteroatoms. The van der Waals surface area contributed by atoms with Crippen LogP contribution in [0.25, 0.3) is 0 Å². The highest BCUT2D eigenvalue weighted by Gasteiger charge is 2.26. The summed E-state index contributed by atoms with van der Waals surface area (Å²) in [4.78, 5) is 37.2. The SMILES string of the molecule is CO/C=C(\Oc1cccc(O/C(=C\OC)C(=O)OC)c1C(=O)OCc1ccccc1)C(=O)OC. The van der Waals surface area contributed by atoms with E-state index in [1.54, 1.807) is 24.3 Å². The molecule has 0 radical (unpaired) electrons. The van der Waals surface area contributed by atoms with Crippen molar-refractivity contribution in [3.05, 3.63) is 83.7 Å². The Hall–Kier alpha value is -4.47. The summed E-state index contributed by atoms with van der Waals surface area (Å²) in [6.07, 6.45) is 2.01. The average molecular weight is 472 g/mol. The van der Waals surface area contributed by atoms with E-state index in [0.29, 0.717) is 0 Å². The predicted molar refractivity (Wildman–Crippen MR) is 117 cm³/mol. The van der Waals surface area contributed by atoms with Gasteiger partial charge in [-0.3, -0.25) is 0 Å². The standard InChI is InChI=1S/C24H24O10/c1-28-14-19(22(25)30-3)33-17-11-8-12-18(34-20(15-29-2)23(26)31-4)21(17)24(27)32-13-16-9-6-5-7-10-16/h5-12,14-15H,13H2,1-4H3/b19-14-,20-15-. The molecule has 0 aliphatic carbocycles. The van der Waals surface area contributed by atoms with Crippen LogP contribution in [-0.4, -0.2) is 46.3 Å². The van der Waals surface area contributed by atoms with Crippen molar-refractivity contribution in [2.24, 2.45) is 0 Å². The van der Waals surface area contributed by atoms with Crippen LogP contribution in [0.4, 0.5) is 0 Å². The molecule has 0 unspecified atom stereocenters. The van der Waals surface area contributed by atoms with E-state index in [0.717, 1.165) is 32.3 Å². The van der Waals surface area contributed by atoms with Gasteiger partial charge in [0.25, 0.3) is 0 Å². The Bertz CT molecular complexity index is 1000. The first kappa shape index (κ1) is 25.8. The maximum absolute atomic E-state index is 13.1. The van der Waals surface area contributed by atoms with Crippen LogP contribution in [-0.2, 0) is 39.9 Å². The van der Waals surface area contributed by atoms with Crippen molar-refractivity contribution in [2.45, 2.75) is 6.61 Å². The Kier molecular flexibility index (Phi) is 9.98. The summed E-state index contributed by atoms with van der Waals surface area (Å²) < 4.78 is 35.7. The molecular formula is C24H24O10. The molecule has 34 heavy (non-hydrogen) atoms. The lowest BCUT2D eigenvalue weighted by molar-refractivity contribution is -0.139. The number of hydrogen-bond donors (Lipinski definition) is 0. The average Bonchev–Trinajstić information content (AvgIpc) is 2.86. The van der Waals surface area contributed by atoms with Gasteiger partial charge in [0, 0.05) is 0 Å². The van der Waals surface area contributed by atoms with Crippen LogP contribution in [0.3, 0.4) is 0 Å². The highest BCUT2D eigenvalue weighted by molar-refractivity contribution is 5.97. The predicted octanol–water partition coefficient (Wildman–Crippen LogP) is 3.12. The van der Waals surface area contributed by atoms with Crippen LogP contribution in [0.2, 0.25) is 0 Å². The van der Waals surface area contributed by atoms with Gasteiger partial charge < -0.3 is 33.2 Å². The molecule has 0 aromatic heterocycles. The molecule has 0 bridgehead atoms. The van der Waals surface area contributed by atoms with E-state index in [-0.39, 0.29) is 35.2 Å². The van der Waals surface area contributed by atoms with Gasteiger partial charge in [0.2, 0.25) is 11.5 Å². The van der Waals surface area contributed by atoms with Crippen LogP contribution in [0.15, 0.2) is 72.6 Å². The van der Waals surface area contributed by atoms with Gasteiger partial charge in [-0.15, -0.1) is 0 Å². The molecule has 10 nitrogen and oxygen atoms in total. The molecule has 0 spiro atoms. The third-order valence-corrected chi connectivity index (χ3v) is 4.07. The molecule has 0 amide bonds. The Balaban J connectivity index is 2.49. The highest BCUT2D eigenvalue weighted by atomic mass is 16.6. The normalized spacial score (nSPS) is 11.2. The molecule has 0 atom stereocenters. The Morgan fingerprint density at radius 2 is 1.21 bits per heavy atom. The second-order valence-electron chi connectivity index (χ2n) is 6.31. The van der Waals surface area contributed by atoms with Gasteiger partial charge in [-0.05, 0) is 17.7 Å². The molecule has 0 saturated carbocycles. The van der Waals surface area contributed by atoms with E-state index >= 15 is 0 Å². The fourth-order valence-corrected chi connectivity index (χ4v) is 2.56. The number of methoxy groups -OCH3 is 4. The number of ether oxygens (including phenoxy) is 7. The van der Waals surface area contributed by atoms with Crippen LogP contribution < -0.4 is 9.47 Å². The molecule has 2 rings (SSSR count). The number of hydrogen-bond acceptors (Lipinski definition) is 10. The minimum absolute atomic E-state index is 0.0526. The third kappa shape index (κ3) is 7.02. The molecule has 0 aliphatic heterocycles. The number of esters is 3. The molecule has 0 aliphatic rings. The lowest BCUT2D eigenvalue weighted by atomic mass is 10.1. The fourth-order valence-electron chi connectivity index (χ4n) is 2.56. The minimum atomic E-state index is -0.855. The second kappa shape index (κ2) is 13.2. The Morgan fingerprint density at radius 1 is 0.706 bits per heavy atom. The zero-order valence-corrected chi connectivity index (χ0v) is 19.1. The topological polar surface area (TPSA) is 116 Å². The Labute approximate surface area is 196 Å². The zero-order chi connectivity index (χ0) is 24.9. The van der Waals surface area contributed by atoms with E-state index in [4.69, 9.17) is 23.7 Å². The van der Waals surface area contributed by atoms with Crippen molar-refractivity contribution in [1.29, 1.82) is 0 Å². The summed E-state index contributed by atoms with van der Waals surface area (Å²) in [7, 11) is 4.92. The summed E-state index contributed by atoms with van der Waals surface area (Å²) in [6, 6.07) is 13.2. The van der Waals surface area contributed by atoms with Gasteiger partial charge >= 0.3 is 17.9 Å². The Morgan fingerprint density at radius 3 is 1.65 bits per heavy atom. The summed E-state index contributed by atoms with van der Waals surface area (Å²) in [5.41, 5.74) is 0.524. The first-order valence-electron chi connectivity index (χ1n) is 9.77. The van der Waals surface area contributed by atoms with Crippen molar-refractivity contribution in [2.75, 3.05) is 28.4 Å². The fraction of sp³-hybridized carbons (Fsp3) is 0.208. The first-order valence-corrected chi connectivity index (χ1v) is 9.77. The summed E-state index contributed by atoms with van der Waals surface area (Å²) in [6.45, 7) is -0.0526. The van der Waals surface area contributed by atoms with Crippen molar-refractivity contribution in [1.82, 2.24) is 0 Å². The number of carbonyl (C=O) groups excluding carboxylic acids is 3. The largest absolute Gasteiger partial charge is 0.500 e. The number of rotatable bonds is 11. The first-order chi connectivity index (χ1) is 16.4. The quantitative estimate of drug-likeness (QED) is 0.209. The second-order valence-corrected chi connectivity index (χ2v) is 6.31. The molecule has 2 aromatic rings. The maximum atomic E-state index is 13.1. The van der Waals surface area contributed by atoms with Crippen molar-refractivity contribution in [3.63, 3.8) is 0 Å².